The molecular formula is C22H18N2. The summed E-state index contributed by atoms with van der Waals surface area (Å²) in [5.74, 6) is 0. The molecule has 116 valence electrons. The van der Waals surface area contributed by atoms with E-state index in [9.17, 15) is 10.5 Å². The van der Waals surface area contributed by atoms with Crippen LogP contribution in [-0.2, 0) is 0 Å². The van der Waals surface area contributed by atoms with E-state index in [4.69, 9.17) is 0 Å². The van der Waals surface area contributed by atoms with Crippen molar-refractivity contribution < 1.29 is 0 Å². The monoisotopic (exact) mass is 310 g/mol. The summed E-state index contributed by atoms with van der Waals surface area (Å²) in [6, 6.07) is 14.5. The summed E-state index contributed by atoms with van der Waals surface area (Å²) in [6.45, 7) is 0. The van der Waals surface area contributed by atoms with Gasteiger partial charge in [0.25, 0.3) is 0 Å². The lowest BCUT2D eigenvalue weighted by Gasteiger charge is -2.16. The maximum Gasteiger partial charge on any atom is 0.100 e. The van der Waals surface area contributed by atoms with Gasteiger partial charge in [-0.15, -0.1) is 0 Å². The van der Waals surface area contributed by atoms with E-state index in [1.54, 1.807) is 0 Å². The molecule has 1 aromatic carbocycles. The van der Waals surface area contributed by atoms with Crippen LogP contribution in [0.15, 0.2) is 83.0 Å². The molecule has 0 atom stereocenters. The third-order valence-electron chi connectivity index (χ3n) is 4.36. The van der Waals surface area contributed by atoms with Gasteiger partial charge in [-0.05, 0) is 48.0 Å². The van der Waals surface area contributed by atoms with Crippen LogP contribution in [0.4, 0.5) is 0 Å². The van der Waals surface area contributed by atoms with Crippen molar-refractivity contribution in [2.24, 2.45) is 0 Å². The maximum atomic E-state index is 9.55. The van der Waals surface area contributed by atoms with Crippen LogP contribution in [0.25, 0.3) is 5.57 Å². The van der Waals surface area contributed by atoms with Gasteiger partial charge in [-0.1, -0.05) is 60.7 Å². The van der Waals surface area contributed by atoms with E-state index in [1.165, 1.54) is 0 Å². The van der Waals surface area contributed by atoms with E-state index < -0.39 is 0 Å². The standard InChI is InChI=1S/C22H18N2/c23-15-21(17-7-3-1-4-8-17)19-11-13-20(14-12-19)22(16-24)18-9-5-2-6-10-18/h1,3-5,7-11,13H,2,6,12,14H2/b21-19+,22-20-. The van der Waals surface area contributed by atoms with Crippen LogP contribution in [0.1, 0.15) is 31.2 Å². The Hall–Kier alpha value is -3.10. The van der Waals surface area contributed by atoms with Gasteiger partial charge in [-0.2, -0.15) is 10.5 Å². The largest absolute Gasteiger partial charge is 0.192 e. The third kappa shape index (κ3) is 3.29. The molecule has 0 fully saturated rings. The normalized spacial score (nSPS) is 20.7. The highest BCUT2D eigenvalue weighted by Gasteiger charge is 2.15. The van der Waals surface area contributed by atoms with Crippen LogP contribution in [0, 0.1) is 22.7 Å². The Morgan fingerprint density at radius 3 is 2.00 bits per heavy atom. The Bertz CT molecular complexity index is 863. The second-order valence-corrected chi connectivity index (χ2v) is 5.86. The molecule has 0 N–H and O–H groups in total. The van der Waals surface area contributed by atoms with Crippen molar-refractivity contribution in [3.63, 3.8) is 0 Å². The quantitative estimate of drug-likeness (QED) is 0.686. The topological polar surface area (TPSA) is 47.6 Å². The maximum absolute atomic E-state index is 9.55. The smallest absolute Gasteiger partial charge is 0.100 e. The summed E-state index contributed by atoms with van der Waals surface area (Å²) in [7, 11) is 0. The fraction of sp³-hybridized carbons (Fsp3) is 0.182. The molecule has 24 heavy (non-hydrogen) atoms. The molecule has 0 heterocycles. The summed E-state index contributed by atoms with van der Waals surface area (Å²) in [4.78, 5) is 0. The van der Waals surface area contributed by atoms with Gasteiger partial charge >= 0.3 is 0 Å². The number of rotatable bonds is 2. The predicted molar refractivity (Wildman–Crippen MR) is 96.4 cm³/mol. The van der Waals surface area contributed by atoms with Crippen LogP contribution in [-0.4, -0.2) is 0 Å². The first-order valence-corrected chi connectivity index (χ1v) is 8.20. The molecule has 2 heteroatoms. The van der Waals surface area contributed by atoms with Crippen LogP contribution in [0.3, 0.4) is 0 Å². The highest BCUT2D eigenvalue weighted by molar-refractivity contribution is 5.81. The summed E-state index contributed by atoms with van der Waals surface area (Å²) in [6.07, 6.45) is 13.9. The lowest BCUT2D eigenvalue weighted by Crippen LogP contribution is -2.00. The van der Waals surface area contributed by atoms with Crippen molar-refractivity contribution in [3.05, 3.63) is 88.6 Å². The molecule has 2 aliphatic rings. The van der Waals surface area contributed by atoms with E-state index in [1.807, 2.05) is 48.6 Å². The van der Waals surface area contributed by atoms with E-state index in [-0.39, 0.29) is 0 Å². The molecule has 0 aliphatic heterocycles. The van der Waals surface area contributed by atoms with Crippen LogP contribution >= 0.6 is 0 Å². The Kier molecular flexibility index (Phi) is 4.90. The van der Waals surface area contributed by atoms with Gasteiger partial charge in [0.1, 0.15) is 12.1 Å². The number of hydrogen-bond acceptors (Lipinski definition) is 2. The van der Waals surface area contributed by atoms with Gasteiger partial charge in [0.05, 0.1) is 11.1 Å². The van der Waals surface area contributed by atoms with E-state index in [2.05, 4.69) is 24.3 Å². The average molecular weight is 310 g/mol. The van der Waals surface area contributed by atoms with Gasteiger partial charge in [-0.25, -0.2) is 0 Å². The second kappa shape index (κ2) is 7.44. The molecule has 0 spiro atoms. The van der Waals surface area contributed by atoms with Crippen molar-refractivity contribution in [2.75, 3.05) is 0 Å². The molecule has 0 amide bonds. The average Bonchev–Trinajstić information content (AvgIpc) is 2.66. The predicted octanol–water partition coefficient (Wildman–Crippen LogP) is 5.41. The number of benzene rings is 1. The molecule has 1 aromatic rings. The molecule has 0 saturated carbocycles. The highest BCUT2D eigenvalue weighted by atomic mass is 14.3. The zero-order valence-corrected chi connectivity index (χ0v) is 13.5. The van der Waals surface area contributed by atoms with Crippen molar-refractivity contribution >= 4 is 5.57 Å². The fourth-order valence-electron chi connectivity index (χ4n) is 3.10. The number of nitriles is 2. The molecule has 0 saturated heterocycles. The van der Waals surface area contributed by atoms with E-state index in [0.717, 1.165) is 59.1 Å². The van der Waals surface area contributed by atoms with Crippen LogP contribution < -0.4 is 0 Å². The number of nitrogens with zero attached hydrogens (tertiary/aromatic N) is 2. The minimum Gasteiger partial charge on any atom is -0.192 e. The summed E-state index contributed by atoms with van der Waals surface area (Å²) >= 11 is 0. The first-order valence-electron chi connectivity index (χ1n) is 8.20. The molecule has 0 radical (unpaired) electrons. The number of hydrogen-bond donors (Lipinski definition) is 0. The minimum atomic E-state index is 0.723. The molecule has 0 aromatic heterocycles. The van der Waals surface area contributed by atoms with Crippen molar-refractivity contribution in [1.29, 1.82) is 10.5 Å². The zero-order valence-electron chi connectivity index (χ0n) is 13.5. The summed E-state index contributed by atoms with van der Waals surface area (Å²) in [5, 5.41) is 19.1. The minimum absolute atomic E-state index is 0.723. The van der Waals surface area contributed by atoms with E-state index >= 15 is 0 Å². The van der Waals surface area contributed by atoms with Crippen molar-refractivity contribution in [2.45, 2.75) is 25.7 Å². The van der Waals surface area contributed by atoms with Crippen molar-refractivity contribution in [3.8, 4) is 12.1 Å². The Labute approximate surface area is 143 Å². The SMILES string of the molecule is N#C/C(C1=CCCC=C1)=C1C=C/C(=C(/C#N)c2ccccc2)CC\1. The molecule has 2 nitrogen and oxygen atoms in total. The second-order valence-electron chi connectivity index (χ2n) is 5.86. The Morgan fingerprint density at radius 2 is 1.46 bits per heavy atom. The van der Waals surface area contributed by atoms with Gasteiger partial charge in [0.2, 0.25) is 0 Å². The molecule has 3 rings (SSSR count). The summed E-state index contributed by atoms with van der Waals surface area (Å²) < 4.78 is 0. The Morgan fingerprint density at radius 1 is 0.792 bits per heavy atom. The molecular weight excluding hydrogens is 292 g/mol. The summed E-state index contributed by atoms with van der Waals surface area (Å²) in [5.41, 5.74) is 5.56. The lowest BCUT2D eigenvalue weighted by molar-refractivity contribution is 0.939. The molecule has 0 bridgehead atoms. The van der Waals surface area contributed by atoms with Crippen molar-refractivity contribution in [1.82, 2.24) is 0 Å². The zero-order chi connectivity index (χ0) is 16.8. The first-order chi connectivity index (χ1) is 11.8. The number of allylic oxidation sites excluding steroid dienone is 10. The van der Waals surface area contributed by atoms with Gasteiger partial charge in [0, 0.05) is 0 Å². The highest BCUT2D eigenvalue weighted by Crippen LogP contribution is 2.32. The first kappa shape index (κ1) is 15.8. The van der Waals surface area contributed by atoms with Gasteiger partial charge < -0.3 is 0 Å². The fourth-order valence-corrected chi connectivity index (χ4v) is 3.10. The van der Waals surface area contributed by atoms with Gasteiger partial charge in [-0.3, -0.25) is 0 Å². The van der Waals surface area contributed by atoms with Crippen LogP contribution in [0.2, 0.25) is 0 Å². The van der Waals surface area contributed by atoms with E-state index in [0.29, 0.717) is 0 Å². The molecule has 0 unspecified atom stereocenters. The van der Waals surface area contributed by atoms with Gasteiger partial charge in [0.15, 0.2) is 0 Å². The van der Waals surface area contributed by atoms with Crippen LogP contribution in [0.5, 0.6) is 0 Å². The Balaban J connectivity index is 1.96. The molecule has 2 aliphatic carbocycles. The lowest BCUT2D eigenvalue weighted by atomic mass is 9.87. The third-order valence-corrected chi connectivity index (χ3v) is 4.36.